The molecule has 0 aromatic carbocycles. The van der Waals surface area contributed by atoms with Crippen LogP contribution in [-0.4, -0.2) is 23.1 Å². The highest BCUT2D eigenvalue weighted by Crippen LogP contribution is 2.08. The fraction of sp³-hybridized carbons (Fsp3) is 0.600. The van der Waals surface area contributed by atoms with Gasteiger partial charge in [-0.3, -0.25) is 0 Å². The Balaban J connectivity index is 4.03. The van der Waals surface area contributed by atoms with E-state index in [-0.39, 0.29) is 5.76 Å². The van der Waals surface area contributed by atoms with Gasteiger partial charge in [0.15, 0.2) is 0 Å². The van der Waals surface area contributed by atoms with E-state index >= 15 is 0 Å². The van der Waals surface area contributed by atoms with Gasteiger partial charge in [-0.25, -0.2) is 0 Å². The normalized spacial score (nSPS) is 13.8. The van der Waals surface area contributed by atoms with Gasteiger partial charge in [0.05, 0.1) is 0 Å². The fourth-order valence-electron chi connectivity index (χ4n) is 0.810. The second kappa shape index (κ2) is 4.86. The lowest BCUT2D eigenvalue weighted by Gasteiger charge is -2.26. The maximum atomic E-state index is 8.81. The third-order valence-electron chi connectivity index (χ3n) is 2.11. The summed E-state index contributed by atoms with van der Waals surface area (Å²) in [6.07, 6.45) is 3.44. The van der Waals surface area contributed by atoms with Crippen LogP contribution < -0.4 is 0 Å². The first-order valence-corrected chi connectivity index (χ1v) is 4.23. The van der Waals surface area contributed by atoms with Gasteiger partial charge < -0.3 is 10.0 Å². The Morgan fingerprint density at radius 1 is 1.42 bits per heavy atom. The van der Waals surface area contributed by atoms with Crippen LogP contribution in [0.4, 0.5) is 0 Å². The molecule has 0 radical (unpaired) electrons. The lowest BCUT2D eigenvalue weighted by Crippen LogP contribution is -2.28. The van der Waals surface area contributed by atoms with Gasteiger partial charge in [-0.05, 0) is 18.9 Å². The van der Waals surface area contributed by atoms with E-state index in [1.165, 1.54) is 0 Å². The van der Waals surface area contributed by atoms with Crippen LogP contribution in [0.3, 0.4) is 0 Å². The molecule has 2 nitrogen and oxygen atoms in total. The van der Waals surface area contributed by atoms with Crippen molar-refractivity contribution in [1.29, 1.82) is 0 Å². The van der Waals surface area contributed by atoms with E-state index in [0.29, 0.717) is 12.0 Å². The summed E-state index contributed by atoms with van der Waals surface area (Å²) in [5.74, 6) is 0.699. The fourth-order valence-corrected chi connectivity index (χ4v) is 0.810. The van der Waals surface area contributed by atoms with E-state index < -0.39 is 0 Å². The van der Waals surface area contributed by atoms with Gasteiger partial charge in [-0.1, -0.05) is 20.4 Å². The van der Waals surface area contributed by atoms with Crippen LogP contribution >= 0.6 is 0 Å². The van der Waals surface area contributed by atoms with Crippen molar-refractivity contribution in [2.24, 2.45) is 5.92 Å². The minimum absolute atomic E-state index is 0.0952. The first-order valence-electron chi connectivity index (χ1n) is 4.23. The third kappa shape index (κ3) is 4.06. The van der Waals surface area contributed by atoms with Gasteiger partial charge in [-0.2, -0.15) is 0 Å². The van der Waals surface area contributed by atoms with Crippen LogP contribution in [0.1, 0.15) is 20.8 Å². The van der Waals surface area contributed by atoms with Crippen LogP contribution in [0.15, 0.2) is 24.6 Å². The van der Waals surface area contributed by atoms with E-state index in [4.69, 9.17) is 5.11 Å². The smallest absolute Gasteiger partial charge is 0.109 e. The van der Waals surface area contributed by atoms with Crippen molar-refractivity contribution in [3.8, 4) is 0 Å². The number of rotatable bonds is 4. The Morgan fingerprint density at radius 3 is 2.25 bits per heavy atom. The molecule has 0 spiro atoms. The van der Waals surface area contributed by atoms with Crippen molar-refractivity contribution in [3.63, 3.8) is 0 Å². The van der Waals surface area contributed by atoms with Gasteiger partial charge in [0.2, 0.25) is 0 Å². The molecule has 70 valence electrons. The minimum atomic E-state index is 0.0952. The summed E-state index contributed by atoms with van der Waals surface area (Å²) in [5.41, 5.74) is 0. The number of hydrogen-bond donors (Lipinski definition) is 1. The molecule has 0 aliphatic carbocycles. The van der Waals surface area contributed by atoms with Crippen molar-refractivity contribution in [2.45, 2.75) is 26.8 Å². The zero-order valence-corrected chi connectivity index (χ0v) is 8.41. The predicted octanol–water partition coefficient (Wildman–Crippen LogP) is 2.55. The molecule has 0 aromatic heterocycles. The van der Waals surface area contributed by atoms with Crippen molar-refractivity contribution in [1.82, 2.24) is 4.90 Å². The summed E-state index contributed by atoms with van der Waals surface area (Å²) in [6, 6.07) is 0.473. The molecule has 12 heavy (non-hydrogen) atoms. The highest BCUT2D eigenvalue weighted by molar-refractivity contribution is 5.04. The quantitative estimate of drug-likeness (QED) is 0.516. The number of hydrogen-bond acceptors (Lipinski definition) is 2. The van der Waals surface area contributed by atoms with Gasteiger partial charge in [0.25, 0.3) is 0 Å². The zero-order valence-electron chi connectivity index (χ0n) is 8.41. The molecule has 0 aliphatic heterocycles. The largest absolute Gasteiger partial charge is 0.509 e. The van der Waals surface area contributed by atoms with Crippen molar-refractivity contribution < 1.29 is 5.11 Å². The van der Waals surface area contributed by atoms with Gasteiger partial charge >= 0.3 is 0 Å². The molecule has 1 N–H and O–H groups in total. The summed E-state index contributed by atoms with van der Waals surface area (Å²) >= 11 is 0. The lowest BCUT2D eigenvalue weighted by atomic mass is 10.1. The van der Waals surface area contributed by atoms with Crippen molar-refractivity contribution >= 4 is 0 Å². The molecule has 0 saturated heterocycles. The van der Waals surface area contributed by atoms with E-state index in [1.54, 1.807) is 6.08 Å². The highest BCUT2D eigenvalue weighted by Gasteiger charge is 2.08. The van der Waals surface area contributed by atoms with E-state index in [9.17, 15) is 0 Å². The van der Waals surface area contributed by atoms with Crippen LogP contribution in [0.5, 0.6) is 0 Å². The molecule has 0 heterocycles. The first kappa shape index (κ1) is 11.1. The summed E-state index contributed by atoms with van der Waals surface area (Å²) in [6.45, 7) is 9.86. The second-order valence-corrected chi connectivity index (χ2v) is 3.46. The van der Waals surface area contributed by atoms with E-state index in [0.717, 1.165) is 0 Å². The van der Waals surface area contributed by atoms with Gasteiger partial charge in [0.1, 0.15) is 5.76 Å². The Morgan fingerprint density at radius 2 is 1.92 bits per heavy atom. The molecule has 0 fully saturated rings. The standard InChI is InChI=1S/C10H19NO/c1-8(2)10(4)11(5)7-6-9(3)12/h6-8,10,12H,3H2,1-2,4-5H3/b7-6-/t10-/m1/s1. The second-order valence-electron chi connectivity index (χ2n) is 3.46. The maximum Gasteiger partial charge on any atom is 0.109 e. The van der Waals surface area contributed by atoms with E-state index in [2.05, 4.69) is 32.3 Å². The summed E-state index contributed by atoms with van der Waals surface area (Å²) in [5, 5.41) is 8.81. The van der Waals surface area contributed by atoms with Crippen LogP contribution in [-0.2, 0) is 0 Å². The molecular weight excluding hydrogens is 150 g/mol. The molecule has 2 heteroatoms. The maximum absolute atomic E-state index is 8.81. The monoisotopic (exact) mass is 169 g/mol. The Kier molecular flexibility index (Phi) is 4.49. The summed E-state index contributed by atoms with van der Waals surface area (Å²) in [7, 11) is 1.99. The summed E-state index contributed by atoms with van der Waals surface area (Å²) < 4.78 is 0. The first-order chi connectivity index (χ1) is 5.45. The number of aliphatic hydroxyl groups excluding tert-OH is 1. The Labute approximate surface area is 75.2 Å². The summed E-state index contributed by atoms with van der Waals surface area (Å²) in [4.78, 5) is 2.06. The molecule has 0 rings (SSSR count). The SMILES string of the molecule is C=C(O)/C=C\N(C)[C@H](C)C(C)C. The Hall–Kier alpha value is -0.920. The Bertz CT molecular complexity index is 173. The minimum Gasteiger partial charge on any atom is -0.509 e. The molecule has 0 aliphatic rings. The number of nitrogens with zero attached hydrogens (tertiary/aromatic N) is 1. The number of aliphatic hydroxyl groups is 1. The lowest BCUT2D eigenvalue weighted by molar-refractivity contribution is 0.279. The topological polar surface area (TPSA) is 23.5 Å². The van der Waals surface area contributed by atoms with E-state index in [1.807, 2.05) is 13.2 Å². The van der Waals surface area contributed by atoms with Crippen LogP contribution in [0.25, 0.3) is 0 Å². The highest BCUT2D eigenvalue weighted by atomic mass is 16.3. The van der Waals surface area contributed by atoms with Crippen LogP contribution in [0, 0.1) is 5.92 Å². The van der Waals surface area contributed by atoms with Crippen molar-refractivity contribution in [2.75, 3.05) is 7.05 Å². The average Bonchev–Trinajstić information content (AvgIpc) is 1.98. The molecular formula is C10H19NO. The third-order valence-corrected chi connectivity index (χ3v) is 2.11. The predicted molar refractivity (Wildman–Crippen MR) is 53.0 cm³/mol. The molecule has 0 aromatic rings. The average molecular weight is 169 g/mol. The molecule has 1 atom stereocenters. The molecule has 0 unspecified atom stereocenters. The zero-order chi connectivity index (χ0) is 9.72. The van der Waals surface area contributed by atoms with Crippen LogP contribution in [0.2, 0.25) is 0 Å². The van der Waals surface area contributed by atoms with Gasteiger partial charge in [0, 0.05) is 19.3 Å². The number of allylic oxidation sites excluding steroid dienone is 1. The van der Waals surface area contributed by atoms with Crippen molar-refractivity contribution in [3.05, 3.63) is 24.6 Å². The van der Waals surface area contributed by atoms with Gasteiger partial charge in [-0.15, -0.1) is 0 Å². The molecule has 0 amide bonds. The molecule has 0 saturated carbocycles. The molecule has 0 bridgehead atoms.